The second-order valence-corrected chi connectivity index (χ2v) is 9.94. The molecular weight excluding hydrogens is 537 g/mol. The van der Waals surface area contributed by atoms with E-state index in [1.165, 1.54) is 41.8 Å². The molecule has 188 valence electrons. The van der Waals surface area contributed by atoms with Gasteiger partial charge in [-0.05, 0) is 78.9 Å². The third-order valence-electron chi connectivity index (χ3n) is 6.08. The average molecular weight is 561 g/mol. The van der Waals surface area contributed by atoms with E-state index in [-0.39, 0.29) is 12.1 Å². The molecule has 0 amide bonds. The second-order valence-electron chi connectivity index (χ2n) is 9.03. The van der Waals surface area contributed by atoms with Crippen LogP contribution in [0.25, 0.3) is 5.69 Å². The van der Waals surface area contributed by atoms with Crippen LogP contribution in [0.3, 0.4) is 0 Å². The zero-order valence-electron chi connectivity index (χ0n) is 19.7. The Kier molecular flexibility index (Phi) is 6.83. The van der Waals surface area contributed by atoms with E-state index in [1.54, 1.807) is 30.8 Å². The molecule has 0 N–H and O–H groups in total. The highest BCUT2D eigenvalue weighted by Crippen LogP contribution is 2.32. The fourth-order valence-corrected chi connectivity index (χ4v) is 4.36. The van der Waals surface area contributed by atoms with Crippen LogP contribution in [0.4, 0.5) is 13.2 Å². The molecule has 0 radical (unpaired) electrons. The predicted molar refractivity (Wildman–Crippen MR) is 130 cm³/mol. The summed E-state index contributed by atoms with van der Waals surface area (Å²) in [6.07, 6.45) is 2.71. The van der Waals surface area contributed by atoms with Gasteiger partial charge in [0.2, 0.25) is 0 Å². The van der Waals surface area contributed by atoms with E-state index in [0.717, 1.165) is 11.0 Å². The molecule has 5 rings (SSSR count). The summed E-state index contributed by atoms with van der Waals surface area (Å²) in [5.41, 5.74) is 2.32. The Balaban J connectivity index is 1.50. The largest absolute Gasteiger partial charge is 0.484 e. The normalized spacial score (nSPS) is 14.4. The lowest BCUT2D eigenvalue weighted by Crippen LogP contribution is -2.12. The van der Waals surface area contributed by atoms with Crippen LogP contribution in [0, 0.1) is 18.7 Å². The van der Waals surface area contributed by atoms with E-state index < -0.39 is 18.3 Å². The molecule has 1 saturated carbocycles. The van der Waals surface area contributed by atoms with Gasteiger partial charge >= 0.3 is 0 Å². The van der Waals surface area contributed by atoms with Gasteiger partial charge in [-0.3, -0.25) is 9.67 Å². The molecule has 0 aliphatic heterocycles. The SMILES string of the molecule is Cc1ncc(Br)cc1O[C@H](C)c1cc(F)ccc1-n1nc(C(F)F)cc1Cc1cn(CC2CC2)nn1. The van der Waals surface area contributed by atoms with Gasteiger partial charge in [-0.15, -0.1) is 5.10 Å². The highest BCUT2D eigenvalue weighted by atomic mass is 79.9. The Bertz CT molecular complexity index is 1380. The molecule has 1 aliphatic carbocycles. The van der Waals surface area contributed by atoms with Gasteiger partial charge in [0.25, 0.3) is 6.43 Å². The predicted octanol–water partition coefficient (Wildman–Crippen LogP) is 6.15. The van der Waals surface area contributed by atoms with Crippen molar-refractivity contribution in [3.05, 3.63) is 81.4 Å². The number of hydrogen-bond donors (Lipinski definition) is 0. The van der Waals surface area contributed by atoms with Gasteiger partial charge in [0, 0.05) is 35.4 Å². The zero-order valence-corrected chi connectivity index (χ0v) is 21.3. The summed E-state index contributed by atoms with van der Waals surface area (Å²) in [5, 5.41) is 12.5. The van der Waals surface area contributed by atoms with Crippen molar-refractivity contribution in [2.24, 2.45) is 5.92 Å². The summed E-state index contributed by atoms with van der Waals surface area (Å²) in [6, 6.07) is 7.26. The molecule has 1 aliphatic rings. The van der Waals surface area contributed by atoms with Crippen LogP contribution in [-0.2, 0) is 13.0 Å². The summed E-state index contributed by atoms with van der Waals surface area (Å²) < 4.78 is 51.7. The Labute approximate surface area is 214 Å². The highest BCUT2D eigenvalue weighted by molar-refractivity contribution is 9.10. The Morgan fingerprint density at radius 3 is 2.75 bits per heavy atom. The molecule has 3 heterocycles. The van der Waals surface area contributed by atoms with Crippen LogP contribution in [-0.4, -0.2) is 29.8 Å². The lowest BCUT2D eigenvalue weighted by molar-refractivity contribution is 0.145. The number of nitrogens with zero attached hydrogens (tertiary/aromatic N) is 6. The van der Waals surface area contributed by atoms with Gasteiger partial charge in [0.05, 0.1) is 22.8 Å². The van der Waals surface area contributed by atoms with E-state index in [9.17, 15) is 13.2 Å². The minimum absolute atomic E-state index is 0.241. The molecule has 7 nitrogen and oxygen atoms in total. The fourth-order valence-electron chi connectivity index (χ4n) is 4.05. The van der Waals surface area contributed by atoms with Crippen molar-refractivity contribution in [2.45, 2.75) is 52.2 Å². The van der Waals surface area contributed by atoms with Crippen LogP contribution in [0.15, 0.2) is 47.2 Å². The number of alkyl halides is 2. The molecule has 1 fully saturated rings. The van der Waals surface area contributed by atoms with Crippen LogP contribution >= 0.6 is 15.9 Å². The maximum atomic E-state index is 14.4. The highest BCUT2D eigenvalue weighted by Gasteiger charge is 2.24. The number of rotatable bonds is 9. The maximum absolute atomic E-state index is 14.4. The van der Waals surface area contributed by atoms with E-state index in [2.05, 4.69) is 36.3 Å². The van der Waals surface area contributed by atoms with Gasteiger partial charge < -0.3 is 4.74 Å². The number of hydrogen-bond acceptors (Lipinski definition) is 5. The number of halogens is 4. The van der Waals surface area contributed by atoms with Crippen LogP contribution in [0.2, 0.25) is 0 Å². The Morgan fingerprint density at radius 2 is 2.00 bits per heavy atom. The molecule has 0 saturated heterocycles. The van der Waals surface area contributed by atoms with E-state index >= 15 is 0 Å². The van der Waals surface area contributed by atoms with Crippen LogP contribution < -0.4 is 4.74 Å². The first-order valence-electron chi connectivity index (χ1n) is 11.6. The minimum atomic E-state index is -2.76. The third-order valence-corrected chi connectivity index (χ3v) is 6.52. The van der Waals surface area contributed by atoms with Crippen molar-refractivity contribution in [2.75, 3.05) is 0 Å². The summed E-state index contributed by atoms with van der Waals surface area (Å²) >= 11 is 3.38. The number of aromatic nitrogens is 6. The average Bonchev–Trinajstić information content (AvgIpc) is 3.38. The molecule has 0 spiro atoms. The van der Waals surface area contributed by atoms with Gasteiger partial charge in [-0.2, -0.15) is 5.10 Å². The van der Waals surface area contributed by atoms with Crippen molar-refractivity contribution in [3.8, 4) is 11.4 Å². The van der Waals surface area contributed by atoms with Gasteiger partial charge in [0.15, 0.2) is 0 Å². The molecule has 3 aromatic heterocycles. The standard InChI is InChI=1S/C25H24BrF3N6O/c1-14-24(7-17(26)11-30-14)36-15(2)21-8-18(27)5-6-23(21)35-20(10-22(32-35)25(28)29)9-19-13-34(33-31-19)12-16-3-4-16/h5-8,10-11,13,15-16,25H,3-4,9,12H2,1-2H3/t15-/m1/s1. The van der Waals surface area contributed by atoms with Crippen LogP contribution in [0.5, 0.6) is 5.75 Å². The number of aryl methyl sites for hydroxylation is 1. The van der Waals surface area contributed by atoms with Crippen molar-refractivity contribution in [1.82, 2.24) is 29.8 Å². The topological polar surface area (TPSA) is 70.7 Å². The molecular formula is C25H24BrF3N6O. The van der Waals surface area contributed by atoms with Gasteiger partial charge in [0.1, 0.15) is 23.4 Å². The molecule has 0 unspecified atom stereocenters. The first-order valence-corrected chi connectivity index (χ1v) is 12.4. The summed E-state index contributed by atoms with van der Waals surface area (Å²) in [4.78, 5) is 4.27. The lowest BCUT2D eigenvalue weighted by atomic mass is 10.1. The minimum Gasteiger partial charge on any atom is -0.484 e. The zero-order chi connectivity index (χ0) is 25.4. The van der Waals surface area contributed by atoms with Gasteiger partial charge in [-0.1, -0.05) is 5.21 Å². The molecule has 0 bridgehead atoms. The lowest BCUT2D eigenvalue weighted by Gasteiger charge is -2.20. The van der Waals surface area contributed by atoms with Crippen molar-refractivity contribution >= 4 is 15.9 Å². The molecule has 1 aromatic carbocycles. The maximum Gasteiger partial charge on any atom is 0.282 e. The number of benzene rings is 1. The monoisotopic (exact) mass is 560 g/mol. The molecule has 11 heteroatoms. The fraction of sp³-hybridized carbons (Fsp3) is 0.360. The number of pyridine rings is 1. The second kappa shape index (κ2) is 10.0. The van der Waals surface area contributed by atoms with Crippen molar-refractivity contribution < 1.29 is 17.9 Å². The van der Waals surface area contributed by atoms with E-state index in [4.69, 9.17) is 4.74 Å². The first-order chi connectivity index (χ1) is 17.3. The summed E-state index contributed by atoms with van der Waals surface area (Å²) in [7, 11) is 0. The summed E-state index contributed by atoms with van der Waals surface area (Å²) in [5.74, 6) is 0.676. The van der Waals surface area contributed by atoms with Crippen molar-refractivity contribution in [1.29, 1.82) is 0 Å². The third kappa shape index (κ3) is 5.45. The van der Waals surface area contributed by atoms with Gasteiger partial charge in [-0.25, -0.2) is 17.9 Å². The van der Waals surface area contributed by atoms with E-state index in [1.807, 2.05) is 6.20 Å². The Morgan fingerprint density at radius 1 is 1.19 bits per heavy atom. The van der Waals surface area contributed by atoms with Crippen LogP contribution in [0.1, 0.15) is 60.6 Å². The van der Waals surface area contributed by atoms with E-state index in [0.29, 0.717) is 40.0 Å². The Hall–Kier alpha value is -3.21. The smallest absolute Gasteiger partial charge is 0.282 e. The number of ether oxygens (including phenoxy) is 1. The molecule has 1 atom stereocenters. The summed E-state index contributed by atoms with van der Waals surface area (Å²) in [6.45, 7) is 4.37. The molecule has 36 heavy (non-hydrogen) atoms. The van der Waals surface area contributed by atoms with Crippen molar-refractivity contribution in [3.63, 3.8) is 0 Å². The molecule has 4 aromatic rings. The first kappa shape index (κ1) is 24.5. The quantitative estimate of drug-likeness (QED) is 0.245.